The molecule has 0 spiro atoms. The maximum Gasteiger partial charge on any atom is 0.270 e. The summed E-state index contributed by atoms with van der Waals surface area (Å²) < 4.78 is 0. The molecular formula is C11H12ClN3O2. The number of amides is 1. The summed E-state index contributed by atoms with van der Waals surface area (Å²) in [6.07, 6.45) is 0. The molecule has 1 amide bonds. The van der Waals surface area contributed by atoms with Gasteiger partial charge < -0.3 is 5.21 Å². The molecule has 6 heteroatoms. The molecule has 0 radical (unpaired) electrons. The highest BCUT2D eigenvalue weighted by Crippen LogP contribution is 2.24. The van der Waals surface area contributed by atoms with Gasteiger partial charge in [0.15, 0.2) is 5.54 Å². The Bertz CT molecular complexity index is 486. The Morgan fingerprint density at radius 2 is 2.00 bits per heavy atom. The zero-order valence-corrected chi connectivity index (χ0v) is 10.2. The summed E-state index contributed by atoms with van der Waals surface area (Å²) in [6.45, 7) is 1.58. The molecule has 0 saturated carbocycles. The fraction of sp³-hybridized carbons (Fsp3) is 0.273. The number of hydrogen-bond donors (Lipinski definition) is 2. The standard InChI is InChI=1S/C11H12ClN3O2/c1-11(14-17)9(13-15(2)10(11)16)7-3-5-8(12)6-4-7/h3-6,14,17H,1-2H3. The van der Waals surface area contributed by atoms with E-state index < -0.39 is 5.54 Å². The van der Waals surface area contributed by atoms with Crippen LogP contribution in [0.1, 0.15) is 12.5 Å². The molecule has 1 aliphatic heterocycles. The predicted molar refractivity (Wildman–Crippen MR) is 64.1 cm³/mol. The smallest absolute Gasteiger partial charge is 0.270 e. The van der Waals surface area contributed by atoms with Gasteiger partial charge in [-0.2, -0.15) is 10.6 Å². The minimum atomic E-state index is -1.22. The first-order chi connectivity index (χ1) is 7.99. The van der Waals surface area contributed by atoms with E-state index >= 15 is 0 Å². The van der Waals surface area contributed by atoms with Gasteiger partial charge in [0.1, 0.15) is 0 Å². The minimum Gasteiger partial charge on any atom is -0.315 e. The second kappa shape index (κ2) is 4.10. The summed E-state index contributed by atoms with van der Waals surface area (Å²) in [6, 6.07) is 6.92. The number of likely N-dealkylation sites (N-methyl/N-ethyl adjacent to an activating group) is 1. The summed E-state index contributed by atoms with van der Waals surface area (Å²) in [7, 11) is 1.54. The molecule has 2 N–H and O–H groups in total. The Morgan fingerprint density at radius 3 is 2.53 bits per heavy atom. The first-order valence-electron chi connectivity index (χ1n) is 5.03. The number of halogens is 1. The van der Waals surface area contributed by atoms with Gasteiger partial charge in [-0.05, 0) is 19.1 Å². The maximum atomic E-state index is 11.9. The van der Waals surface area contributed by atoms with Crippen LogP contribution in [-0.4, -0.2) is 34.4 Å². The molecule has 2 rings (SSSR count). The molecule has 90 valence electrons. The lowest BCUT2D eigenvalue weighted by Crippen LogP contribution is -2.53. The highest BCUT2D eigenvalue weighted by molar-refractivity contribution is 6.31. The molecule has 0 saturated heterocycles. The van der Waals surface area contributed by atoms with Crippen LogP contribution in [0.4, 0.5) is 0 Å². The Morgan fingerprint density at radius 1 is 1.41 bits per heavy atom. The molecule has 0 fully saturated rings. The maximum absolute atomic E-state index is 11.9. The van der Waals surface area contributed by atoms with Gasteiger partial charge in [-0.3, -0.25) is 4.79 Å². The van der Waals surface area contributed by atoms with Crippen molar-refractivity contribution in [1.82, 2.24) is 10.5 Å². The lowest BCUT2D eigenvalue weighted by atomic mass is 9.91. The van der Waals surface area contributed by atoms with E-state index in [2.05, 4.69) is 5.10 Å². The molecule has 17 heavy (non-hydrogen) atoms. The second-order valence-electron chi connectivity index (χ2n) is 4.02. The van der Waals surface area contributed by atoms with Crippen LogP contribution in [0.3, 0.4) is 0 Å². The summed E-state index contributed by atoms with van der Waals surface area (Å²) in [4.78, 5) is 11.9. The van der Waals surface area contributed by atoms with Crippen molar-refractivity contribution < 1.29 is 10.0 Å². The molecule has 1 atom stereocenters. The van der Waals surface area contributed by atoms with E-state index in [4.69, 9.17) is 11.6 Å². The van der Waals surface area contributed by atoms with Crippen LogP contribution in [0, 0.1) is 0 Å². The summed E-state index contributed by atoms with van der Waals surface area (Å²) in [5, 5.41) is 15.1. The lowest BCUT2D eigenvalue weighted by Gasteiger charge is -2.21. The van der Waals surface area contributed by atoms with Crippen LogP contribution < -0.4 is 5.48 Å². The Hall–Kier alpha value is -1.43. The van der Waals surface area contributed by atoms with E-state index in [1.54, 1.807) is 38.2 Å². The third kappa shape index (κ3) is 1.82. The van der Waals surface area contributed by atoms with E-state index in [0.717, 1.165) is 5.56 Å². The number of carbonyl (C=O) groups excluding carboxylic acids is 1. The molecular weight excluding hydrogens is 242 g/mol. The van der Waals surface area contributed by atoms with Gasteiger partial charge in [0.25, 0.3) is 5.91 Å². The summed E-state index contributed by atoms with van der Waals surface area (Å²) in [5.74, 6) is -0.315. The number of carbonyl (C=O) groups is 1. The van der Waals surface area contributed by atoms with Crippen molar-refractivity contribution in [3.8, 4) is 0 Å². The van der Waals surface area contributed by atoms with Gasteiger partial charge in [0, 0.05) is 17.6 Å². The largest absolute Gasteiger partial charge is 0.315 e. The van der Waals surface area contributed by atoms with Gasteiger partial charge in [-0.15, -0.1) is 0 Å². The average molecular weight is 254 g/mol. The highest BCUT2D eigenvalue weighted by Gasteiger charge is 2.46. The Labute approximate surface area is 104 Å². The molecule has 0 aromatic heterocycles. The zero-order valence-electron chi connectivity index (χ0n) is 9.44. The van der Waals surface area contributed by atoms with Gasteiger partial charge in [0.2, 0.25) is 0 Å². The highest BCUT2D eigenvalue weighted by atomic mass is 35.5. The normalized spacial score (nSPS) is 24.1. The van der Waals surface area contributed by atoms with Gasteiger partial charge in [-0.25, -0.2) is 5.01 Å². The first kappa shape index (κ1) is 12.0. The molecule has 1 aromatic carbocycles. The minimum absolute atomic E-state index is 0.315. The first-order valence-corrected chi connectivity index (χ1v) is 5.41. The molecule has 1 heterocycles. The molecule has 1 unspecified atom stereocenters. The van der Waals surface area contributed by atoms with Crippen LogP contribution in [0.5, 0.6) is 0 Å². The number of nitrogens with one attached hydrogen (secondary N) is 1. The zero-order chi connectivity index (χ0) is 12.6. The quantitative estimate of drug-likeness (QED) is 0.780. The molecule has 0 bridgehead atoms. The number of benzene rings is 1. The fourth-order valence-electron chi connectivity index (χ4n) is 1.78. The Kier molecular flexibility index (Phi) is 2.91. The van der Waals surface area contributed by atoms with Crippen molar-refractivity contribution in [1.29, 1.82) is 0 Å². The molecule has 0 aliphatic carbocycles. The SMILES string of the molecule is CN1N=C(c2ccc(Cl)cc2)C(C)(NO)C1=O. The van der Waals surface area contributed by atoms with Crippen LogP contribution in [0.25, 0.3) is 0 Å². The van der Waals surface area contributed by atoms with Gasteiger partial charge in [-0.1, -0.05) is 23.7 Å². The molecule has 5 nitrogen and oxygen atoms in total. The summed E-state index contributed by atoms with van der Waals surface area (Å²) in [5.41, 5.74) is 2.00. The average Bonchev–Trinajstić information content (AvgIpc) is 2.56. The molecule has 1 aliphatic rings. The van der Waals surface area contributed by atoms with Crippen molar-refractivity contribution in [2.24, 2.45) is 5.10 Å². The second-order valence-corrected chi connectivity index (χ2v) is 4.46. The third-order valence-electron chi connectivity index (χ3n) is 2.79. The van der Waals surface area contributed by atoms with E-state index in [-0.39, 0.29) is 5.91 Å². The topological polar surface area (TPSA) is 64.9 Å². The van der Waals surface area contributed by atoms with Crippen molar-refractivity contribution in [2.45, 2.75) is 12.5 Å². The van der Waals surface area contributed by atoms with Gasteiger partial charge in [0.05, 0.1) is 5.71 Å². The van der Waals surface area contributed by atoms with E-state index in [1.165, 1.54) is 5.01 Å². The predicted octanol–water partition coefficient (Wildman–Crippen LogP) is 1.25. The van der Waals surface area contributed by atoms with Gasteiger partial charge >= 0.3 is 0 Å². The monoisotopic (exact) mass is 253 g/mol. The van der Waals surface area contributed by atoms with Crippen molar-refractivity contribution >= 4 is 23.2 Å². The number of nitrogens with zero attached hydrogens (tertiary/aromatic N) is 2. The fourth-order valence-corrected chi connectivity index (χ4v) is 1.90. The van der Waals surface area contributed by atoms with E-state index in [9.17, 15) is 10.0 Å². The van der Waals surface area contributed by atoms with E-state index in [1.807, 2.05) is 5.48 Å². The van der Waals surface area contributed by atoms with E-state index in [0.29, 0.717) is 10.7 Å². The number of rotatable bonds is 2. The molecule has 1 aromatic rings. The van der Waals surface area contributed by atoms with Crippen molar-refractivity contribution in [3.05, 3.63) is 34.9 Å². The summed E-state index contributed by atoms with van der Waals surface area (Å²) >= 11 is 5.80. The van der Waals surface area contributed by atoms with Crippen LogP contribution in [-0.2, 0) is 4.79 Å². The van der Waals surface area contributed by atoms with Crippen LogP contribution in [0.15, 0.2) is 29.4 Å². The van der Waals surface area contributed by atoms with Crippen LogP contribution in [0.2, 0.25) is 5.02 Å². The lowest BCUT2D eigenvalue weighted by molar-refractivity contribution is -0.134. The van der Waals surface area contributed by atoms with Crippen molar-refractivity contribution in [2.75, 3.05) is 7.05 Å². The number of hydroxylamine groups is 1. The number of hydrogen-bond acceptors (Lipinski definition) is 4. The van der Waals surface area contributed by atoms with Crippen LogP contribution >= 0.6 is 11.6 Å². The third-order valence-corrected chi connectivity index (χ3v) is 3.04. The van der Waals surface area contributed by atoms with Crippen molar-refractivity contribution in [3.63, 3.8) is 0 Å². The Balaban J connectivity index is 2.47. The number of hydrazone groups is 1.